The molecule has 1 saturated heterocycles. The second-order valence-electron chi connectivity index (χ2n) is 2.95. The van der Waals surface area contributed by atoms with Crippen LogP contribution < -0.4 is 0 Å². The Labute approximate surface area is 74.7 Å². The second kappa shape index (κ2) is 2.68. The predicted octanol–water partition coefficient (Wildman–Crippen LogP) is 1.22. The molecule has 2 nitrogen and oxygen atoms in total. The minimum Gasteiger partial charge on any atom is -0.302 e. The molecule has 0 spiro atoms. The summed E-state index contributed by atoms with van der Waals surface area (Å²) in [5.74, 6) is -0.0671. The van der Waals surface area contributed by atoms with E-state index in [2.05, 4.69) is 0 Å². The fourth-order valence-electron chi connectivity index (χ4n) is 0.862. The molecule has 1 rings (SSSR count). The summed E-state index contributed by atoms with van der Waals surface area (Å²) < 4.78 is 0.625. The maximum absolute atomic E-state index is 11.3. The first-order valence-electron chi connectivity index (χ1n) is 3.21. The lowest BCUT2D eigenvalue weighted by atomic mass is 9.89. The minimum atomic E-state index is -0.592. The molecule has 0 aromatic heterocycles. The average molecular weight is 188 g/mol. The molecule has 0 aromatic rings. The van der Waals surface area contributed by atoms with Gasteiger partial charge in [0.25, 0.3) is 0 Å². The fourth-order valence-corrected chi connectivity index (χ4v) is 2.36. The summed E-state index contributed by atoms with van der Waals surface area (Å²) in [4.78, 5) is 21.7. The Morgan fingerprint density at radius 1 is 1.64 bits per heavy atom. The highest BCUT2D eigenvalue weighted by molar-refractivity contribution is 8.25. The van der Waals surface area contributed by atoms with Crippen molar-refractivity contribution in [3.8, 4) is 0 Å². The van der Waals surface area contributed by atoms with Gasteiger partial charge in [-0.1, -0.05) is 24.0 Å². The third-order valence-electron chi connectivity index (χ3n) is 1.74. The summed E-state index contributed by atoms with van der Waals surface area (Å²) >= 11 is 6.15. The molecule has 0 bridgehead atoms. The molecule has 60 valence electrons. The highest BCUT2D eigenvalue weighted by Crippen LogP contribution is 2.39. The lowest BCUT2D eigenvalue weighted by Crippen LogP contribution is -2.28. The van der Waals surface area contributed by atoms with Crippen LogP contribution in [0.25, 0.3) is 0 Å². The van der Waals surface area contributed by atoms with Crippen molar-refractivity contribution in [2.75, 3.05) is 0 Å². The number of hydrogen-bond acceptors (Lipinski definition) is 4. The van der Waals surface area contributed by atoms with Crippen LogP contribution in [0.4, 0.5) is 0 Å². The molecular weight excluding hydrogens is 180 g/mol. The van der Waals surface area contributed by atoms with Crippen molar-refractivity contribution >= 4 is 40.2 Å². The largest absolute Gasteiger partial charge is 0.302 e. The van der Waals surface area contributed by atoms with E-state index in [4.69, 9.17) is 12.2 Å². The van der Waals surface area contributed by atoms with Gasteiger partial charge >= 0.3 is 0 Å². The standard InChI is InChI=1S/C7H8O2S2/c1-7(2)5(9)4(3-8)11-6(7)10/h3-4H,1-2H3. The van der Waals surface area contributed by atoms with Crippen LogP contribution in [0.15, 0.2) is 0 Å². The molecule has 1 aliphatic heterocycles. The molecule has 1 fully saturated rings. The molecule has 0 radical (unpaired) electrons. The summed E-state index contributed by atoms with van der Waals surface area (Å²) in [6.07, 6.45) is 0.661. The van der Waals surface area contributed by atoms with Crippen LogP contribution in [0, 0.1) is 5.41 Å². The minimum absolute atomic E-state index is 0.0671. The van der Waals surface area contributed by atoms with E-state index in [0.717, 1.165) is 0 Å². The molecular formula is C7H8O2S2. The lowest BCUT2D eigenvalue weighted by molar-refractivity contribution is -0.125. The first kappa shape index (κ1) is 8.87. The first-order valence-corrected chi connectivity index (χ1v) is 4.49. The van der Waals surface area contributed by atoms with Crippen LogP contribution in [0.1, 0.15) is 13.8 Å². The molecule has 0 N–H and O–H groups in total. The topological polar surface area (TPSA) is 34.1 Å². The molecule has 1 aliphatic rings. The van der Waals surface area contributed by atoms with E-state index >= 15 is 0 Å². The second-order valence-corrected chi connectivity index (χ2v) is 4.77. The van der Waals surface area contributed by atoms with Gasteiger partial charge in [-0.25, -0.2) is 0 Å². The maximum atomic E-state index is 11.3. The van der Waals surface area contributed by atoms with Crippen LogP contribution >= 0.6 is 24.0 Å². The van der Waals surface area contributed by atoms with Crippen LogP contribution in [0.3, 0.4) is 0 Å². The SMILES string of the molecule is CC1(C)C(=O)C(C=O)SC1=S. The number of carbonyl (C=O) groups is 2. The highest BCUT2D eigenvalue weighted by Gasteiger charge is 2.45. The highest BCUT2D eigenvalue weighted by atomic mass is 32.2. The van der Waals surface area contributed by atoms with Gasteiger partial charge in [0.1, 0.15) is 11.5 Å². The number of thiocarbonyl (C=S) groups is 1. The quantitative estimate of drug-likeness (QED) is 0.352. The van der Waals surface area contributed by atoms with Crippen LogP contribution in [-0.4, -0.2) is 21.5 Å². The van der Waals surface area contributed by atoms with Gasteiger partial charge in [-0.05, 0) is 13.8 Å². The fraction of sp³-hybridized carbons (Fsp3) is 0.571. The predicted molar refractivity (Wildman–Crippen MR) is 48.8 cm³/mol. The van der Waals surface area contributed by atoms with Gasteiger partial charge < -0.3 is 4.79 Å². The Hall–Kier alpha value is -0.220. The van der Waals surface area contributed by atoms with Crippen LogP contribution in [0.5, 0.6) is 0 Å². The number of hydrogen-bond donors (Lipinski definition) is 0. The maximum Gasteiger partial charge on any atom is 0.164 e. The first-order chi connectivity index (χ1) is 5.00. The van der Waals surface area contributed by atoms with Gasteiger partial charge in [-0.2, -0.15) is 0 Å². The van der Waals surface area contributed by atoms with Crippen molar-refractivity contribution in [1.82, 2.24) is 0 Å². The van der Waals surface area contributed by atoms with Crippen molar-refractivity contribution in [3.05, 3.63) is 0 Å². The monoisotopic (exact) mass is 188 g/mol. The number of rotatable bonds is 1. The average Bonchev–Trinajstić information content (AvgIpc) is 2.14. The number of aldehydes is 1. The van der Waals surface area contributed by atoms with Gasteiger partial charge in [-0.15, -0.1) is 0 Å². The van der Waals surface area contributed by atoms with E-state index in [1.807, 2.05) is 0 Å². The molecule has 1 unspecified atom stereocenters. The Morgan fingerprint density at radius 2 is 2.18 bits per heavy atom. The summed E-state index contributed by atoms with van der Waals surface area (Å²) in [5, 5.41) is -0.558. The van der Waals surface area contributed by atoms with Crippen molar-refractivity contribution in [2.24, 2.45) is 5.41 Å². The molecule has 0 amide bonds. The Kier molecular flexibility index (Phi) is 2.16. The Morgan fingerprint density at radius 3 is 2.36 bits per heavy atom. The normalized spacial score (nSPS) is 29.1. The Balaban J connectivity index is 2.97. The van der Waals surface area contributed by atoms with E-state index in [1.165, 1.54) is 11.8 Å². The smallest absolute Gasteiger partial charge is 0.164 e. The van der Waals surface area contributed by atoms with E-state index in [-0.39, 0.29) is 5.78 Å². The summed E-state index contributed by atoms with van der Waals surface area (Å²) in [6, 6.07) is 0. The van der Waals surface area contributed by atoms with E-state index in [9.17, 15) is 9.59 Å². The van der Waals surface area contributed by atoms with Gasteiger partial charge in [0.05, 0.1) is 9.61 Å². The molecule has 11 heavy (non-hydrogen) atoms. The molecule has 1 atom stereocenters. The summed E-state index contributed by atoms with van der Waals surface area (Å²) in [5.41, 5.74) is -0.592. The van der Waals surface area contributed by atoms with Crippen LogP contribution in [0.2, 0.25) is 0 Å². The molecule has 0 saturated carbocycles. The zero-order chi connectivity index (χ0) is 8.65. The molecule has 0 aromatic carbocycles. The van der Waals surface area contributed by atoms with E-state index in [1.54, 1.807) is 13.8 Å². The van der Waals surface area contributed by atoms with Crippen molar-refractivity contribution in [3.63, 3.8) is 0 Å². The zero-order valence-corrected chi connectivity index (χ0v) is 7.92. The van der Waals surface area contributed by atoms with Crippen molar-refractivity contribution in [1.29, 1.82) is 0 Å². The summed E-state index contributed by atoms with van der Waals surface area (Å²) in [6.45, 7) is 3.52. The third kappa shape index (κ3) is 1.25. The molecule has 4 heteroatoms. The Bertz CT molecular complexity index is 233. The van der Waals surface area contributed by atoms with Crippen molar-refractivity contribution < 1.29 is 9.59 Å². The molecule has 1 heterocycles. The van der Waals surface area contributed by atoms with Gasteiger partial charge in [0.15, 0.2) is 5.78 Å². The number of thioether (sulfide) groups is 1. The van der Waals surface area contributed by atoms with E-state index < -0.39 is 10.7 Å². The van der Waals surface area contributed by atoms with Crippen LogP contribution in [-0.2, 0) is 9.59 Å². The van der Waals surface area contributed by atoms with Gasteiger partial charge in [-0.3, -0.25) is 4.79 Å². The molecule has 0 aliphatic carbocycles. The lowest BCUT2D eigenvalue weighted by Gasteiger charge is -2.12. The van der Waals surface area contributed by atoms with Gasteiger partial charge in [0.2, 0.25) is 0 Å². The number of ketones is 1. The zero-order valence-electron chi connectivity index (χ0n) is 6.29. The van der Waals surface area contributed by atoms with E-state index in [0.29, 0.717) is 10.5 Å². The number of Topliss-reactive ketones (excluding diaryl/α,β-unsaturated/α-hetero) is 1. The summed E-state index contributed by atoms with van der Waals surface area (Å²) in [7, 11) is 0. The third-order valence-corrected chi connectivity index (χ3v) is 3.84. The number of carbonyl (C=O) groups excluding carboxylic acids is 2. The van der Waals surface area contributed by atoms with Gasteiger partial charge in [0, 0.05) is 0 Å². The van der Waals surface area contributed by atoms with Crippen molar-refractivity contribution in [2.45, 2.75) is 19.1 Å².